The molecule has 8 nitrogen and oxygen atoms in total. The summed E-state index contributed by atoms with van der Waals surface area (Å²) in [6.07, 6.45) is 1.39. The zero-order valence-corrected chi connectivity index (χ0v) is 21.1. The van der Waals surface area contributed by atoms with E-state index >= 15 is 0 Å². The van der Waals surface area contributed by atoms with Crippen LogP contribution in [-0.4, -0.2) is 35.5 Å². The first kappa shape index (κ1) is 25.3. The van der Waals surface area contributed by atoms with Crippen LogP contribution < -0.4 is 16.0 Å². The molecule has 0 unspecified atom stereocenters. The highest BCUT2D eigenvalue weighted by atomic mass is 32.1. The molecule has 0 radical (unpaired) electrons. The van der Waals surface area contributed by atoms with Gasteiger partial charge in [0.05, 0.1) is 23.2 Å². The van der Waals surface area contributed by atoms with Crippen molar-refractivity contribution in [3.05, 3.63) is 83.1 Å². The number of nitrogens with zero attached hydrogens (tertiary/aromatic N) is 1. The Morgan fingerprint density at radius 3 is 2.50 bits per heavy atom. The number of rotatable bonds is 9. The SMILES string of the molecule is O=C(Cc1nc2cc(F)c(-c3ccc(NC(=O)OCc4ccccc4)cc3)cc2s1)NCC(=O)NC1CC1. The van der Waals surface area contributed by atoms with Crippen molar-refractivity contribution in [2.24, 2.45) is 0 Å². The Kier molecular flexibility index (Phi) is 7.60. The summed E-state index contributed by atoms with van der Waals surface area (Å²) in [6.45, 7) is 0.0822. The van der Waals surface area contributed by atoms with Crippen molar-refractivity contribution in [2.75, 3.05) is 11.9 Å². The summed E-state index contributed by atoms with van der Waals surface area (Å²) in [5.74, 6) is -0.971. The van der Waals surface area contributed by atoms with Gasteiger partial charge >= 0.3 is 6.09 Å². The van der Waals surface area contributed by atoms with E-state index in [1.54, 1.807) is 30.3 Å². The number of benzene rings is 3. The Hall–Kier alpha value is -4.31. The summed E-state index contributed by atoms with van der Waals surface area (Å²) in [7, 11) is 0. The molecule has 0 aliphatic heterocycles. The molecule has 1 saturated carbocycles. The number of anilines is 1. The van der Waals surface area contributed by atoms with Crippen LogP contribution in [0.1, 0.15) is 23.4 Å². The third-order valence-corrected chi connectivity index (χ3v) is 6.90. The second-order valence-corrected chi connectivity index (χ2v) is 10.1. The summed E-state index contributed by atoms with van der Waals surface area (Å²) < 4.78 is 20.9. The van der Waals surface area contributed by atoms with E-state index in [1.807, 2.05) is 30.3 Å². The predicted octanol–water partition coefficient (Wildman–Crippen LogP) is 4.79. The molecule has 1 aliphatic carbocycles. The maximum atomic E-state index is 14.9. The van der Waals surface area contributed by atoms with E-state index in [-0.39, 0.29) is 37.4 Å². The summed E-state index contributed by atoms with van der Waals surface area (Å²) >= 11 is 1.30. The lowest BCUT2D eigenvalue weighted by Gasteiger charge is -2.09. The highest BCUT2D eigenvalue weighted by molar-refractivity contribution is 7.18. The van der Waals surface area contributed by atoms with Gasteiger partial charge in [0.25, 0.3) is 0 Å². The van der Waals surface area contributed by atoms with Crippen LogP contribution in [0.3, 0.4) is 0 Å². The number of hydrogen-bond acceptors (Lipinski definition) is 6. The zero-order valence-electron chi connectivity index (χ0n) is 20.3. The van der Waals surface area contributed by atoms with Gasteiger partial charge in [-0.25, -0.2) is 14.2 Å². The predicted molar refractivity (Wildman–Crippen MR) is 143 cm³/mol. The Morgan fingerprint density at radius 2 is 1.76 bits per heavy atom. The first-order valence-electron chi connectivity index (χ1n) is 12.2. The highest BCUT2D eigenvalue weighted by Crippen LogP contribution is 2.31. The van der Waals surface area contributed by atoms with E-state index in [0.717, 1.165) is 23.1 Å². The van der Waals surface area contributed by atoms with Gasteiger partial charge in [0.15, 0.2) is 0 Å². The standard InChI is InChI=1S/C28H25FN4O4S/c29-22-13-23-24(38-27(33-23)14-25(34)30-15-26(35)31-19-10-11-19)12-21(22)18-6-8-20(9-7-18)32-28(36)37-16-17-4-2-1-3-5-17/h1-9,12-13,19H,10-11,14-16H2,(H,30,34)(H,31,35)(H,32,36). The van der Waals surface area contributed by atoms with Crippen molar-refractivity contribution in [1.82, 2.24) is 15.6 Å². The lowest BCUT2D eigenvalue weighted by atomic mass is 10.0. The molecule has 5 rings (SSSR count). The summed E-state index contributed by atoms with van der Waals surface area (Å²) in [6, 6.07) is 19.4. The van der Waals surface area contributed by atoms with Crippen molar-refractivity contribution in [1.29, 1.82) is 0 Å². The van der Waals surface area contributed by atoms with Crippen molar-refractivity contribution < 1.29 is 23.5 Å². The van der Waals surface area contributed by atoms with Crippen LogP contribution in [0, 0.1) is 5.82 Å². The maximum Gasteiger partial charge on any atom is 0.411 e. The van der Waals surface area contributed by atoms with E-state index < -0.39 is 11.9 Å². The van der Waals surface area contributed by atoms with Crippen LogP contribution in [0.15, 0.2) is 66.7 Å². The van der Waals surface area contributed by atoms with Crippen LogP contribution in [-0.2, 0) is 27.4 Å². The molecule has 0 saturated heterocycles. The minimum atomic E-state index is -0.584. The molecule has 0 bridgehead atoms. The Balaban J connectivity index is 1.19. The normalized spacial score (nSPS) is 12.7. The van der Waals surface area contributed by atoms with E-state index in [4.69, 9.17) is 4.74 Å². The fraction of sp³-hybridized carbons (Fsp3) is 0.214. The summed E-state index contributed by atoms with van der Waals surface area (Å²) in [5, 5.41) is 8.60. The number of aromatic nitrogens is 1. The lowest BCUT2D eigenvalue weighted by Crippen LogP contribution is -2.38. The molecular formula is C28H25FN4O4S. The van der Waals surface area contributed by atoms with Gasteiger partial charge in [-0.05, 0) is 42.2 Å². The second-order valence-electron chi connectivity index (χ2n) is 8.97. The number of amides is 3. The first-order chi connectivity index (χ1) is 18.4. The summed E-state index contributed by atoms with van der Waals surface area (Å²) in [5.41, 5.74) is 2.87. The Labute approximate surface area is 222 Å². The molecular weight excluding hydrogens is 507 g/mol. The molecule has 1 fully saturated rings. The molecule has 3 aromatic carbocycles. The molecule has 4 aromatic rings. The van der Waals surface area contributed by atoms with E-state index in [1.165, 1.54) is 17.4 Å². The number of thiazole rings is 1. The molecule has 1 aliphatic rings. The molecule has 3 amide bonds. The number of carbonyl (C=O) groups excluding carboxylic acids is 3. The van der Waals surface area contributed by atoms with E-state index in [0.29, 0.717) is 27.3 Å². The summed E-state index contributed by atoms with van der Waals surface area (Å²) in [4.78, 5) is 40.5. The number of ether oxygens (including phenoxy) is 1. The molecule has 194 valence electrons. The van der Waals surface area contributed by atoms with Crippen molar-refractivity contribution in [2.45, 2.75) is 31.9 Å². The molecule has 3 N–H and O–H groups in total. The quantitative estimate of drug-likeness (QED) is 0.287. The fourth-order valence-electron chi connectivity index (χ4n) is 3.79. The smallest absolute Gasteiger partial charge is 0.411 e. The van der Waals surface area contributed by atoms with Crippen molar-refractivity contribution in [3.8, 4) is 11.1 Å². The molecule has 1 heterocycles. The third kappa shape index (κ3) is 6.71. The average Bonchev–Trinajstić information content (AvgIpc) is 3.64. The molecule has 38 heavy (non-hydrogen) atoms. The van der Waals surface area contributed by atoms with Gasteiger partial charge in [-0.2, -0.15) is 0 Å². The van der Waals surface area contributed by atoms with E-state index in [2.05, 4.69) is 20.9 Å². The third-order valence-electron chi connectivity index (χ3n) is 5.88. The minimum absolute atomic E-state index is 0.00768. The number of carbonyl (C=O) groups is 3. The molecule has 10 heteroatoms. The van der Waals surface area contributed by atoms with Crippen LogP contribution in [0.2, 0.25) is 0 Å². The highest BCUT2D eigenvalue weighted by Gasteiger charge is 2.23. The molecule has 1 aromatic heterocycles. The van der Waals surface area contributed by atoms with Crippen molar-refractivity contribution >= 4 is 45.1 Å². The van der Waals surface area contributed by atoms with Gasteiger partial charge in [0.2, 0.25) is 11.8 Å². The lowest BCUT2D eigenvalue weighted by molar-refractivity contribution is -0.125. The number of hydrogen-bond donors (Lipinski definition) is 3. The Morgan fingerprint density at radius 1 is 1.00 bits per heavy atom. The number of halogens is 1. The van der Waals surface area contributed by atoms with Gasteiger partial charge in [-0.1, -0.05) is 42.5 Å². The van der Waals surface area contributed by atoms with E-state index in [9.17, 15) is 18.8 Å². The monoisotopic (exact) mass is 532 g/mol. The zero-order chi connectivity index (χ0) is 26.5. The maximum absolute atomic E-state index is 14.9. The van der Waals surface area contributed by atoms with Crippen LogP contribution in [0.5, 0.6) is 0 Å². The van der Waals surface area contributed by atoms with Crippen LogP contribution in [0.4, 0.5) is 14.9 Å². The largest absolute Gasteiger partial charge is 0.444 e. The molecule has 0 spiro atoms. The number of fused-ring (bicyclic) bond motifs is 1. The van der Waals surface area contributed by atoms with Gasteiger partial charge in [-0.3, -0.25) is 14.9 Å². The molecule has 0 atom stereocenters. The second kappa shape index (κ2) is 11.4. The van der Waals surface area contributed by atoms with Gasteiger partial charge in [0, 0.05) is 23.4 Å². The van der Waals surface area contributed by atoms with Gasteiger partial charge in [-0.15, -0.1) is 11.3 Å². The van der Waals surface area contributed by atoms with Gasteiger partial charge < -0.3 is 15.4 Å². The fourth-order valence-corrected chi connectivity index (χ4v) is 4.78. The van der Waals surface area contributed by atoms with Crippen LogP contribution >= 0.6 is 11.3 Å². The number of nitrogens with one attached hydrogen (secondary N) is 3. The average molecular weight is 533 g/mol. The minimum Gasteiger partial charge on any atom is -0.444 e. The van der Waals surface area contributed by atoms with Gasteiger partial charge in [0.1, 0.15) is 17.4 Å². The topological polar surface area (TPSA) is 109 Å². The van der Waals surface area contributed by atoms with Crippen LogP contribution in [0.25, 0.3) is 21.3 Å². The van der Waals surface area contributed by atoms with Crippen molar-refractivity contribution in [3.63, 3.8) is 0 Å². The first-order valence-corrected chi connectivity index (χ1v) is 13.0. The Bertz CT molecular complexity index is 1470.